The van der Waals surface area contributed by atoms with Crippen molar-refractivity contribution in [2.24, 2.45) is 0 Å². The lowest BCUT2D eigenvalue weighted by Gasteiger charge is -2.06. The van der Waals surface area contributed by atoms with E-state index in [0.29, 0.717) is 12.1 Å². The number of benzene rings is 1. The van der Waals surface area contributed by atoms with Crippen LogP contribution in [0, 0.1) is 0 Å². The monoisotopic (exact) mass is 356 g/mol. The van der Waals surface area contributed by atoms with Gasteiger partial charge in [-0.2, -0.15) is 0 Å². The third-order valence-electron chi connectivity index (χ3n) is 3.12. The van der Waals surface area contributed by atoms with Gasteiger partial charge in [0.2, 0.25) is 0 Å². The minimum atomic E-state index is -0.148. The highest BCUT2D eigenvalue weighted by molar-refractivity contribution is 9.10. The fourth-order valence-electron chi connectivity index (χ4n) is 2.00. The van der Waals surface area contributed by atoms with Gasteiger partial charge >= 0.3 is 0 Å². The van der Waals surface area contributed by atoms with E-state index in [1.807, 2.05) is 24.3 Å². The van der Waals surface area contributed by atoms with Gasteiger partial charge in [0, 0.05) is 29.6 Å². The standard InChI is InChI=1S/C16H13BrN4O/c17-14-3-1-2-12(8-14)9-20-16(22)13-4-5-15(19-10-13)21-7-6-18-11-21/h1-8,10-11H,9H2,(H,20,22). The van der Waals surface area contributed by atoms with Gasteiger partial charge in [0.05, 0.1) is 5.56 Å². The summed E-state index contributed by atoms with van der Waals surface area (Å²) in [5, 5.41) is 2.88. The molecule has 22 heavy (non-hydrogen) atoms. The van der Waals surface area contributed by atoms with E-state index in [-0.39, 0.29) is 5.91 Å². The predicted octanol–water partition coefficient (Wildman–Crippen LogP) is 2.96. The third-order valence-corrected chi connectivity index (χ3v) is 3.61. The summed E-state index contributed by atoms with van der Waals surface area (Å²) in [6.07, 6.45) is 6.70. The van der Waals surface area contributed by atoms with Crippen LogP contribution in [0.2, 0.25) is 0 Å². The predicted molar refractivity (Wildman–Crippen MR) is 86.7 cm³/mol. The van der Waals surface area contributed by atoms with Gasteiger partial charge in [-0.3, -0.25) is 9.36 Å². The number of nitrogens with zero attached hydrogens (tertiary/aromatic N) is 3. The van der Waals surface area contributed by atoms with E-state index < -0.39 is 0 Å². The molecule has 1 amide bonds. The number of nitrogens with one attached hydrogen (secondary N) is 1. The molecule has 5 nitrogen and oxygen atoms in total. The molecule has 1 aromatic carbocycles. The van der Waals surface area contributed by atoms with Crippen LogP contribution in [0.5, 0.6) is 0 Å². The molecular weight excluding hydrogens is 344 g/mol. The van der Waals surface area contributed by atoms with Crippen molar-refractivity contribution >= 4 is 21.8 Å². The van der Waals surface area contributed by atoms with E-state index >= 15 is 0 Å². The van der Waals surface area contributed by atoms with E-state index in [2.05, 4.69) is 31.2 Å². The van der Waals surface area contributed by atoms with Crippen LogP contribution >= 0.6 is 15.9 Å². The van der Waals surface area contributed by atoms with Crippen molar-refractivity contribution in [1.29, 1.82) is 0 Å². The highest BCUT2D eigenvalue weighted by Gasteiger charge is 2.06. The van der Waals surface area contributed by atoms with Crippen LogP contribution in [0.1, 0.15) is 15.9 Å². The summed E-state index contributed by atoms with van der Waals surface area (Å²) in [4.78, 5) is 20.4. The fourth-order valence-corrected chi connectivity index (χ4v) is 2.45. The van der Waals surface area contributed by atoms with Gasteiger partial charge < -0.3 is 5.32 Å². The molecule has 0 atom stereocenters. The molecule has 3 rings (SSSR count). The average molecular weight is 357 g/mol. The Morgan fingerprint density at radius 1 is 1.27 bits per heavy atom. The molecule has 0 aliphatic heterocycles. The second-order valence-electron chi connectivity index (χ2n) is 4.69. The van der Waals surface area contributed by atoms with Crippen LogP contribution in [-0.2, 0) is 6.54 Å². The van der Waals surface area contributed by atoms with Crippen molar-refractivity contribution in [3.63, 3.8) is 0 Å². The Hall–Kier alpha value is -2.47. The Bertz CT molecular complexity index is 769. The van der Waals surface area contributed by atoms with E-state index in [1.165, 1.54) is 0 Å². The molecule has 0 spiro atoms. The SMILES string of the molecule is O=C(NCc1cccc(Br)c1)c1ccc(-n2ccnc2)nc1. The molecule has 3 aromatic rings. The molecule has 0 aliphatic rings. The molecule has 0 bridgehead atoms. The number of pyridine rings is 1. The van der Waals surface area contributed by atoms with Gasteiger partial charge in [0.1, 0.15) is 12.1 Å². The van der Waals surface area contributed by atoms with Crippen molar-refractivity contribution < 1.29 is 4.79 Å². The van der Waals surface area contributed by atoms with E-state index in [1.54, 1.807) is 41.6 Å². The molecule has 2 aromatic heterocycles. The summed E-state index contributed by atoms with van der Waals surface area (Å²) in [5.41, 5.74) is 1.56. The van der Waals surface area contributed by atoms with Gasteiger partial charge in [-0.1, -0.05) is 28.1 Å². The lowest BCUT2D eigenvalue weighted by atomic mass is 10.2. The maximum Gasteiger partial charge on any atom is 0.253 e. The highest BCUT2D eigenvalue weighted by atomic mass is 79.9. The minimum absolute atomic E-state index is 0.148. The topological polar surface area (TPSA) is 59.8 Å². The van der Waals surface area contributed by atoms with Crippen LogP contribution in [0.3, 0.4) is 0 Å². The minimum Gasteiger partial charge on any atom is -0.348 e. The van der Waals surface area contributed by atoms with E-state index in [9.17, 15) is 4.79 Å². The molecule has 110 valence electrons. The first-order chi connectivity index (χ1) is 10.7. The quantitative estimate of drug-likeness (QED) is 0.781. The zero-order valence-electron chi connectivity index (χ0n) is 11.6. The molecule has 6 heteroatoms. The largest absolute Gasteiger partial charge is 0.348 e. The van der Waals surface area contributed by atoms with E-state index in [0.717, 1.165) is 15.9 Å². The summed E-state index contributed by atoms with van der Waals surface area (Å²) < 4.78 is 2.77. The van der Waals surface area contributed by atoms with Gasteiger partial charge in [0.25, 0.3) is 5.91 Å². The Kier molecular flexibility index (Phi) is 4.29. The second-order valence-corrected chi connectivity index (χ2v) is 5.60. The Balaban J connectivity index is 1.65. The zero-order chi connectivity index (χ0) is 15.4. The molecule has 0 saturated heterocycles. The highest BCUT2D eigenvalue weighted by Crippen LogP contribution is 2.11. The molecule has 0 radical (unpaired) electrons. The number of carbonyl (C=O) groups excluding carboxylic acids is 1. The Morgan fingerprint density at radius 2 is 2.18 bits per heavy atom. The summed E-state index contributed by atoms with van der Waals surface area (Å²) in [6, 6.07) is 11.4. The number of amides is 1. The van der Waals surface area contributed by atoms with Crippen LogP contribution in [0.4, 0.5) is 0 Å². The zero-order valence-corrected chi connectivity index (χ0v) is 13.2. The van der Waals surface area contributed by atoms with Crippen molar-refractivity contribution in [1.82, 2.24) is 19.9 Å². The molecular formula is C16H13BrN4O. The first kappa shape index (κ1) is 14.5. The summed E-state index contributed by atoms with van der Waals surface area (Å²) in [6.45, 7) is 0.474. The molecule has 0 unspecified atom stereocenters. The number of halogens is 1. The molecule has 0 fully saturated rings. The summed E-state index contributed by atoms with van der Waals surface area (Å²) in [5.74, 6) is 0.575. The Morgan fingerprint density at radius 3 is 2.86 bits per heavy atom. The number of carbonyl (C=O) groups is 1. The number of rotatable bonds is 4. The average Bonchev–Trinajstić information content (AvgIpc) is 3.07. The van der Waals surface area contributed by atoms with Gasteiger partial charge in [-0.05, 0) is 29.8 Å². The maximum absolute atomic E-state index is 12.1. The van der Waals surface area contributed by atoms with E-state index in [4.69, 9.17) is 0 Å². The van der Waals surface area contributed by atoms with Crippen molar-refractivity contribution in [2.45, 2.75) is 6.54 Å². The van der Waals surface area contributed by atoms with Crippen LogP contribution in [0.15, 0.2) is 65.8 Å². The number of aromatic nitrogens is 3. The van der Waals surface area contributed by atoms with Crippen molar-refractivity contribution in [3.8, 4) is 5.82 Å². The van der Waals surface area contributed by atoms with Crippen LogP contribution in [0.25, 0.3) is 5.82 Å². The molecule has 2 heterocycles. The maximum atomic E-state index is 12.1. The number of hydrogen-bond acceptors (Lipinski definition) is 3. The van der Waals surface area contributed by atoms with Crippen LogP contribution in [-0.4, -0.2) is 20.4 Å². The van der Waals surface area contributed by atoms with Gasteiger partial charge in [-0.25, -0.2) is 9.97 Å². The lowest BCUT2D eigenvalue weighted by molar-refractivity contribution is 0.0950. The summed E-state index contributed by atoms with van der Waals surface area (Å²) >= 11 is 3.41. The molecule has 0 aliphatic carbocycles. The summed E-state index contributed by atoms with van der Waals surface area (Å²) in [7, 11) is 0. The Labute approximate surface area is 136 Å². The number of hydrogen-bond donors (Lipinski definition) is 1. The smallest absolute Gasteiger partial charge is 0.253 e. The normalized spacial score (nSPS) is 10.4. The van der Waals surface area contributed by atoms with Gasteiger partial charge in [0.15, 0.2) is 0 Å². The third kappa shape index (κ3) is 3.40. The second kappa shape index (κ2) is 6.53. The lowest BCUT2D eigenvalue weighted by Crippen LogP contribution is -2.23. The first-order valence-electron chi connectivity index (χ1n) is 6.69. The van der Waals surface area contributed by atoms with Crippen molar-refractivity contribution in [3.05, 3.63) is 76.9 Å². The van der Waals surface area contributed by atoms with Crippen molar-refractivity contribution in [2.75, 3.05) is 0 Å². The fraction of sp³-hybridized carbons (Fsp3) is 0.0625. The van der Waals surface area contributed by atoms with Gasteiger partial charge in [-0.15, -0.1) is 0 Å². The first-order valence-corrected chi connectivity index (χ1v) is 7.49. The molecule has 1 N–H and O–H groups in total. The molecule has 0 saturated carbocycles. The number of imidazole rings is 1. The van der Waals surface area contributed by atoms with Crippen LogP contribution < -0.4 is 5.32 Å².